The van der Waals surface area contributed by atoms with E-state index in [0.717, 1.165) is 29.7 Å². The average molecular weight is 461 g/mol. The number of hydrogen-bond donors (Lipinski definition) is 1. The first-order valence-corrected chi connectivity index (χ1v) is 12.2. The van der Waals surface area contributed by atoms with E-state index < -0.39 is 22.0 Å². The summed E-state index contributed by atoms with van der Waals surface area (Å²) in [6.45, 7) is 5.58. The Morgan fingerprint density at radius 3 is 2.61 bits per heavy atom. The van der Waals surface area contributed by atoms with Crippen molar-refractivity contribution in [3.05, 3.63) is 58.9 Å². The zero-order chi connectivity index (χ0) is 22.2. The van der Waals surface area contributed by atoms with E-state index in [4.69, 9.17) is 11.6 Å². The van der Waals surface area contributed by atoms with Gasteiger partial charge in [0.25, 0.3) is 5.91 Å². The maximum absolute atomic E-state index is 13.0. The Kier molecular flexibility index (Phi) is 6.05. The molecule has 1 aromatic heterocycles. The molecule has 164 valence electrons. The number of carbonyl (C=O) groups excluding carboxylic acids is 1. The van der Waals surface area contributed by atoms with Gasteiger partial charge in [0.1, 0.15) is 5.82 Å². The van der Waals surface area contributed by atoms with E-state index in [1.54, 1.807) is 0 Å². The third-order valence-corrected chi connectivity index (χ3v) is 7.84. The summed E-state index contributed by atoms with van der Waals surface area (Å²) >= 11 is 6.26. The van der Waals surface area contributed by atoms with Crippen molar-refractivity contribution >= 4 is 38.6 Å². The van der Waals surface area contributed by atoms with Crippen molar-refractivity contribution in [2.75, 3.05) is 13.1 Å². The van der Waals surface area contributed by atoms with Gasteiger partial charge in [0, 0.05) is 19.6 Å². The molecular weight excluding hydrogens is 436 g/mol. The van der Waals surface area contributed by atoms with Crippen LogP contribution in [-0.4, -0.2) is 41.3 Å². The highest BCUT2D eigenvalue weighted by Gasteiger charge is 2.28. The van der Waals surface area contributed by atoms with Gasteiger partial charge in [-0.05, 0) is 57.0 Å². The van der Waals surface area contributed by atoms with Crippen molar-refractivity contribution in [3.63, 3.8) is 0 Å². The van der Waals surface area contributed by atoms with Gasteiger partial charge in [-0.3, -0.25) is 4.79 Å². The quantitative estimate of drug-likeness (QED) is 0.602. The van der Waals surface area contributed by atoms with Crippen LogP contribution in [0.2, 0.25) is 5.02 Å². The molecule has 31 heavy (non-hydrogen) atoms. The molecule has 4 rings (SSSR count). The van der Waals surface area contributed by atoms with E-state index in [2.05, 4.69) is 14.9 Å². The predicted molar refractivity (Wildman–Crippen MR) is 121 cm³/mol. The molecule has 0 spiro atoms. The molecular formula is C22H25ClN4O3S. The molecule has 0 aliphatic carbocycles. The Morgan fingerprint density at radius 2 is 1.90 bits per heavy atom. The number of benzene rings is 2. The van der Waals surface area contributed by atoms with Crippen LogP contribution in [0.1, 0.15) is 48.9 Å². The fourth-order valence-electron chi connectivity index (χ4n) is 4.01. The minimum Gasteiger partial charge on any atom is -0.342 e. The molecule has 1 saturated heterocycles. The van der Waals surface area contributed by atoms with Gasteiger partial charge < -0.3 is 9.88 Å². The molecule has 7 nitrogen and oxygen atoms in total. The number of hydrogen-bond acceptors (Lipinski definition) is 4. The highest BCUT2D eigenvalue weighted by molar-refractivity contribution is 7.89. The van der Waals surface area contributed by atoms with Gasteiger partial charge in [-0.15, -0.1) is 0 Å². The van der Waals surface area contributed by atoms with Crippen molar-refractivity contribution in [2.24, 2.45) is 0 Å². The van der Waals surface area contributed by atoms with Crippen molar-refractivity contribution < 1.29 is 13.2 Å². The maximum Gasteiger partial charge on any atom is 0.253 e. The number of fused-ring (bicyclic) bond motifs is 1. The zero-order valence-electron chi connectivity index (χ0n) is 17.5. The van der Waals surface area contributed by atoms with Gasteiger partial charge in [0.2, 0.25) is 10.0 Å². The van der Waals surface area contributed by atoms with Crippen molar-refractivity contribution in [2.45, 2.75) is 44.2 Å². The van der Waals surface area contributed by atoms with Gasteiger partial charge >= 0.3 is 0 Å². The standard InChI is InChI=1S/C22H25ClN4O3S/c1-3-27-20-9-5-4-8-19(20)25-21(27)15(2)24-22(28)17-14-16(10-11-18(17)23)31(29,30)26-12-6-7-13-26/h4-5,8-11,14-15H,3,6-7,12-13H2,1-2H3,(H,24,28). The molecule has 1 fully saturated rings. The number of nitrogens with one attached hydrogen (secondary N) is 1. The van der Waals surface area contributed by atoms with Gasteiger partial charge in [-0.25, -0.2) is 13.4 Å². The number of para-hydroxylation sites is 2. The summed E-state index contributed by atoms with van der Waals surface area (Å²) in [5, 5.41) is 3.12. The first-order chi connectivity index (χ1) is 14.8. The molecule has 9 heteroatoms. The minimum absolute atomic E-state index is 0.0809. The van der Waals surface area contributed by atoms with Gasteiger partial charge in [0.05, 0.1) is 32.6 Å². The van der Waals surface area contributed by atoms with Crippen LogP contribution in [0.3, 0.4) is 0 Å². The Hall–Kier alpha value is -2.42. The van der Waals surface area contributed by atoms with Crippen LogP contribution in [0, 0.1) is 0 Å². The summed E-state index contributed by atoms with van der Waals surface area (Å²) in [5.74, 6) is 0.291. The zero-order valence-corrected chi connectivity index (χ0v) is 19.1. The number of sulfonamides is 1. The number of imidazole rings is 1. The average Bonchev–Trinajstić information content (AvgIpc) is 3.42. The number of rotatable bonds is 6. The SMILES string of the molecule is CCn1c(C(C)NC(=O)c2cc(S(=O)(=O)N3CCCC3)ccc2Cl)nc2ccccc21. The fraction of sp³-hybridized carbons (Fsp3) is 0.364. The molecule has 1 atom stereocenters. The topological polar surface area (TPSA) is 84.3 Å². The maximum atomic E-state index is 13.0. The molecule has 0 saturated carbocycles. The van der Waals surface area contributed by atoms with Crippen LogP contribution in [0.4, 0.5) is 0 Å². The van der Waals surface area contributed by atoms with Crippen LogP contribution in [-0.2, 0) is 16.6 Å². The lowest BCUT2D eigenvalue weighted by atomic mass is 10.2. The number of carbonyl (C=O) groups is 1. The smallest absolute Gasteiger partial charge is 0.253 e. The van der Waals surface area contributed by atoms with E-state index in [9.17, 15) is 13.2 Å². The largest absolute Gasteiger partial charge is 0.342 e. The molecule has 0 radical (unpaired) electrons. The number of amides is 1. The molecule has 2 heterocycles. The van der Waals surface area contributed by atoms with Gasteiger partial charge in [-0.2, -0.15) is 4.31 Å². The van der Waals surface area contributed by atoms with Crippen LogP contribution in [0.5, 0.6) is 0 Å². The second-order valence-electron chi connectivity index (χ2n) is 7.65. The summed E-state index contributed by atoms with van der Waals surface area (Å²) in [6, 6.07) is 11.7. The lowest BCUT2D eigenvalue weighted by Crippen LogP contribution is -2.30. The molecule has 2 aromatic carbocycles. The van der Waals surface area contributed by atoms with E-state index in [-0.39, 0.29) is 15.5 Å². The van der Waals surface area contributed by atoms with Crippen LogP contribution in [0.25, 0.3) is 11.0 Å². The molecule has 1 unspecified atom stereocenters. The monoisotopic (exact) mass is 460 g/mol. The predicted octanol–water partition coefficient (Wildman–Crippen LogP) is 3.99. The Labute approximate surface area is 187 Å². The normalized spacial score (nSPS) is 16.0. The van der Waals surface area contributed by atoms with E-state index in [1.165, 1.54) is 22.5 Å². The van der Waals surface area contributed by atoms with Gasteiger partial charge in [-0.1, -0.05) is 23.7 Å². The third-order valence-electron chi connectivity index (χ3n) is 5.62. The number of aromatic nitrogens is 2. The molecule has 1 amide bonds. The highest BCUT2D eigenvalue weighted by Crippen LogP contribution is 2.26. The lowest BCUT2D eigenvalue weighted by molar-refractivity contribution is 0.0937. The summed E-state index contributed by atoms with van der Waals surface area (Å²) in [6.07, 6.45) is 1.69. The molecule has 1 aliphatic rings. The molecule has 1 aliphatic heterocycles. The summed E-state index contributed by atoms with van der Waals surface area (Å²) in [4.78, 5) is 17.8. The summed E-state index contributed by atoms with van der Waals surface area (Å²) < 4.78 is 29.3. The molecule has 0 bridgehead atoms. The Balaban J connectivity index is 1.62. The second-order valence-corrected chi connectivity index (χ2v) is 10.00. The summed E-state index contributed by atoms with van der Waals surface area (Å²) in [7, 11) is -3.64. The fourth-order valence-corrected chi connectivity index (χ4v) is 5.76. The highest BCUT2D eigenvalue weighted by atomic mass is 35.5. The Bertz CT molecular complexity index is 1230. The second kappa shape index (κ2) is 8.61. The lowest BCUT2D eigenvalue weighted by Gasteiger charge is -2.18. The molecule has 1 N–H and O–H groups in total. The van der Waals surface area contributed by atoms with Gasteiger partial charge in [0.15, 0.2) is 0 Å². The number of aryl methyl sites for hydroxylation is 1. The van der Waals surface area contributed by atoms with E-state index in [1.807, 2.05) is 38.1 Å². The van der Waals surface area contributed by atoms with Crippen molar-refractivity contribution in [1.82, 2.24) is 19.2 Å². The first kappa shape index (κ1) is 21.8. The first-order valence-electron chi connectivity index (χ1n) is 10.4. The summed E-state index contributed by atoms with van der Waals surface area (Å²) in [5.41, 5.74) is 1.99. The van der Waals surface area contributed by atoms with Crippen molar-refractivity contribution in [1.29, 1.82) is 0 Å². The van der Waals surface area contributed by atoms with E-state index in [0.29, 0.717) is 19.6 Å². The minimum atomic E-state index is -3.64. The van der Waals surface area contributed by atoms with Crippen LogP contribution < -0.4 is 5.32 Å². The number of nitrogens with zero attached hydrogens (tertiary/aromatic N) is 3. The molecule has 3 aromatic rings. The van der Waals surface area contributed by atoms with Crippen LogP contribution >= 0.6 is 11.6 Å². The van der Waals surface area contributed by atoms with Crippen molar-refractivity contribution in [3.8, 4) is 0 Å². The third kappa shape index (κ3) is 4.07. The van der Waals surface area contributed by atoms with E-state index >= 15 is 0 Å². The van der Waals surface area contributed by atoms with Crippen LogP contribution in [0.15, 0.2) is 47.4 Å². The Morgan fingerprint density at radius 1 is 1.19 bits per heavy atom. The number of halogens is 1.